The predicted molar refractivity (Wildman–Crippen MR) is 53.9 cm³/mol. The van der Waals surface area contributed by atoms with E-state index in [1.807, 2.05) is 13.8 Å². The van der Waals surface area contributed by atoms with Crippen LogP contribution in [0, 0.1) is 5.92 Å². The van der Waals surface area contributed by atoms with E-state index in [1.165, 1.54) is 0 Å². The summed E-state index contributed by atoms with van der Waals surface area (Å²) < 4.78 is 5.64. The van der Waals surface area contributed by atoms with Gasteiger partial charge in [-0.1, -0.05) is 6.08 Å². The SMILES string of the molecule is C=CC[C@@H](O)[C@H]1OC(C)(C)C[C@@H]1C=O. The second-order valence-electron chi connectivity index (χ2n) is 4.44. The van der Waals surface area contributed by atoms with Crippen LogP contribution in [0.3, 0.4) is 0 Å². The van der Waals surface area contributed by atoms with Crippen LogP contribution in [0.4, 0.5) is 0 Å². The van der Waals surface area contributed by atoms with Crippen LogP contribution >= 0.6 is 0 Å². The van der Waals surface area contributed by atoms with Gasteiger partial charge in [0.1, 0.15) is 6.29 Å². The molecule has 14 heavy (non-hydrogen) atoms. The summed E-state index contributed by atoms with van der Waals surface area (Å²) in [5, 5.41) is 9.73. The highest BCUT2D eigenvalue weighted by Crippen LogP contribution is 2.35. The van der Waals surface area contributed by atoms with E-state index in [-0.39, 0.29) is 17.6 Å². The first-order valence-corrected chi connectivity index (χ1v) is 4.92. The molecule has 0 amide bonds. The monoisotopic (exact) mass is 198 g/mol. The molecule has 0 unspecified atom stereocenters. The molecule has 0 bridgehead atoms. The van der Waals surface area contributed by atoms with E-state index in [2.05, 4.69) is 6.58 Å². The average molecular weight is 198 g/mol. The lowest BCUT2D eigenvalue weighted by molar-refractivity contribution is -0.117. The van der Waals surface area contributed by atoms with Crippen LogP contribution in [0.25, 0.3) is 0 Å². The van der Waals surface area contributed by atoms with Crippen LogP contribution in [0.2, 0.25) is 0 Å². The topological polar surface area (TPSA) is 46.5 Å². The Labute approximate surface area is 84.8 Å². The third-order valence-corrected chi connectivity index (χ3v) is 2.57. The standard InChI is InChI=1S/C11H18O3/c1-4-5-9(13)10-8(7-12)6-11(2,3)14-10/h4,7-10,13H,1,5-6H2,2-3H3/t8-,9-,10+/m1/s1. The van der Waals surface area contributed by atoms with Gasteiger partial charge in [-0.25, -0.2) is 0 Å². The van der Waals surface area contributed by atoms with Crippen molar-refractivity contribution in [3.8, 4) is 0 Å². The molecule has 1 rings (SSSR count). The number of rotatable bonds is 4. The van der Waals surface area contributed by atoms with Crippen molar-refractivity contribution in [2.24, 2.45) is 5.92 Å². The summed E-state index contributed by atoms with van der Waals surface area (Å²) in [7, 11) is 0. The lowest BCUT2D eigenvalue weighted by Gasteiger charge is -2.22. The maximum atomic E-state index is 10.8. The number of carbonyl (C=O) groups excluding carboxylic acids is 1. The first kappa shape index (κ1) is 11.4. The van der Waals surface area contributed by atoms with Crippen LogP contribution in [0.15, 0.2) is 12.7 Å². The van der Waals surface area contributed by atoms with Gasteiger partial charge < -0.3 is 14.6 Å². The van der Waals surface area contributed by atoms with E-state index in [0.717, 1.165) is 6.29 Å². The third-order valence-electron chi connectivity index (χ3n) is 2.57. The normalized spacial score (nSPS) is 32.5. The van der Waals surface area contributed by atoms with E-state index < -0.39 is 6.10 Å². The van der Waals surface area contributed by atoms with Gasteiger partial charge in [0, 0.05) is 5.92 Å². The van der Waals surface area contributed by atoms with E-state index >= 15 is 0 Å². The molecule has 1 fully saturated rings. The summed E-state index contributed by atoms with van der Waals surface area (Å²) in [4.78, 5) is 10.8. The lowest BCUT2D eigenvalue weighted by Crippen LogP contribution is -2.32. The first-order valence-electron chi connectivity index (χ1n) is 4.92. The number of aldehydes is 1. The van der Waals surface area contributed by atoms with E-state index in [4.69, 9.17) is 4.74 Å². The number of aliphatic hydroxyl groups excluding tert-OH is 1. The van der Waals surface area contributed by atoms with Crippen LogP contribution in [-0.4, -0.2) is 29.2 Å². The number of aliphatic hydroxyl groups is 1. The predicted octanol–water partition coefficient (Wildman–Crippen LogP) is 1.31. The summed E-state index contributed by atoms with van der Waals surface area (Å²) in [6.45, 7) is 7.42. The van der Waals surface area contributed by atoms with Gasteiger partial charge >= 0.3 is 0 Å². The smallest absolute Gasteiger partial charge is 0.125 e. The highest BCUT2D eigenvalue weighted by Gasteiger charge is 2.43. The largest absolute Gasteiger partial charge is 0.390 e. The van der Waals surface area contributed by atoms with Crippen molar-refractivity contribution in [3.63, 3.8) is 0 Å². The fraction of sp³-hybridized carbons (Fsp3) is 0.727. The second kappa shape index (κ2) is 4.24. The Bertz CT molecular complexity index is 223. The Kier molecular flexibility index (Phi) is 3.45. The van der Waals surface area contributed by atoms with Crippen LogP contribution in [-0.2, 0) is 9.53 Å². The summed E-state index contributed by atoms with van der Waals surface area (Å²) in [5.41, 5.74) is -0.307. The number of hydrogen-bond acceptors (Lipinski definition) is 3. The molecule has 3 atom stereocenters. The maximum absolute atomic E-state index is 10.8. The molecule has 0 aliphatic carbocycles. The maximum Gasteiger partial charge on any atom is 0.125 e. The Hall–Kier alpha value is -0.670. The van der Waals surface area contributed by atoms with Gasteiger partial charge in [0.05, 0.1) is 17.8 Å². The van der Waals surface area contributed by atoms with Gasteiger partial charge in [-0.15, -0.1) is 6.58 Å². The molecule has 0 radical (unpaired) electrons. The van der Waals surface area contributed by atoms with Crippen molar-refractivity contribution in [3.05, 3.63) is 12.7 Å². The zero-order valence-electron chi connectivity index (χ0n) is 8.77. The third kappa shape index (κ3) is 2.42. The highest BCUT2D eigenvalue weighted by molar-refractivity contribution is 5.55. The molecular weight excluding hydrogens is 180 g/mol. The zero-order chi connectivity index (χ0) is 10.8. The Balaban J connectivity index is 2.67. The van der Waals surface area contributed by atoms with Gasteiger partial charge in [0.15, 0.2) is 0 Å². The van der Waals surface area contributed by atoms with Crippen LogP contribution < -0.4 is 0 Å². The summed E-state index contributed by atoms with van der Waals surface area (Å²) >= 11 is 0. The van der Waals surface area contributed by atoms with E-state index in [1.54, 1.807) is 6.08 Å². The molecule has 0 aromatic heterocycles. The summed E-state index contributed by atoms with van der Waals surface area (Å²) in [6, 6.07) is 0. The molecule has 1 aliphatic heterocycles. The van der Waals surface area contributed by atoms with Crippen molar-refractivity contribution in [2.75, 3.05) is 0 Å². The summed E-state index contributed by atoms with van der Waals surface area (Å²) in [6.07, 6.45) is 2.66. The molecule has 3 nitrogen and oxygen atoms in total. The highest BCUT2D eigenvalue weighted by atomic mass is 16.5. The fourth-order valence-electron chi connectivity index (χ4n) is 1.98. The van der Waals surface area contributed by atoms with Crippen LogP contribution in [0.5, 0.6) is 0 Å². The number of ether oxygens (including phenoxy) is 1. The molecule has 1 N–H and O–H groups in total. The van der Waals surface area contributed by atoms with Gasteiger partial charge in [-0.05, 0) is 26.7 Å². The van der Waals surface area contributed by atoms with Crippen molar-refractivity contribution >= 4 is 6.29 Å². The molecule has 0 aromatic rings. The van der Waals surface area contributed by atoms with Crippen LogP contribution in [0.1, 0.15) is 26.7 Å². The molecule has 80 valence electrons. The van der Waals surface area contributed by atoms with Crippen molar-refractivity contribution < 1.29 is 14.6 Å². The quantitative estimate of drug-likeness (QED) is 0.547. The van der Waals surface area contributed by atoms with E-state index in [9.17, 15) is 9.90 Å². The lowest BCUT2D eigenvalue weighted by atomic mass is 9.92. The molecule has 0 spiro atoms. The number of hydrogen-bond donors (Lipinski definition) is 1. The molecule has 1 aliphatic rings. The molecule has 0 aromatic carbocycles. The fourth-order valence-corrected chi connectivity index (χ4v) is 1.98. The first-order chi connectivity index (χ1) is 6.50. The van der Waals surface area contributed by atoms with Gasteiger partial charge in [0.2, 0.25) is 0 Å². The molecular formula is C11H18O3. The van der Waals surface area contributed by atoms with Gasteiger partial charge in [-0.2, -0.15) is 0 Å². The average Bonchev–Trinajstić information content (AvgIpc) is 2.41. The Morgan fingerprint density at radius 3 is 2.86 bits per heavy atom. The van der Waals surface area contributed by atoms with Gasteiger partial charge in [0.25, 0.3) is 0 Å². The number of carbonyl (C=O) groups is 1. The van der Waals surface area contributed by atoms with Crippen molar-refractivity contribution in [1.82, 2.24) is 0 Å². The Morgan fingerprint density at radius 2 is 2.36 bits per heavy atom. The minimum Gasteiger partial charge on any atom is -0.390 e. The molecule has 3 heteroatoms. The van der Waals surface area contributed by atoms with Crippen molar-refractivity contribution in [2.45, 2.75) is 44.5 Å². The van der Waals surface area contributed by atoms with E-state index in [0.29, 0.717) is 12.8 Å². The van der Waals surface area contributed by atoms with Crippen molar-refractivity contribution in [1.29, 1.82) is 0 Å². The molecule has 1 saturated heterocycles. The molecule has 0 saturated carbocycles. The zero-order valence-corrected chi connectivity index (χ0v) is 8.77. The van der Waals surface area contributed by atoms with Gasteiger partial charge in [-0.3, -0.25) is 0 Å². The molecule has 1 heterocycles. The Morgan fingerprint density at radius 1 is 1.71 bits per heavy atom. The minimum absolute atomic E-state index is 0.194. The second-order valence-corrected chi connectivity index (χ2v) is 4.44. The minimum atomic E-state index is -0.621. The summed E-state index contributed by atoms with van der Waals surface area (Å²) in [5.74, 6) is -0.194.